The van der Waals surface area contributed by atoms with Gasteiger partial charge >= 0.3 is 0 Å². The Labute approximate surface area is 77.4 Å². The van der Waals surface area contributed by atoms with Crippen molar-refractivity contribution in [1.29, 1.82) is 0 Å². The van der Waals surface area contributed by atoms with Gasteiger partial charge in [-0.15, -0.1) is 0 Å². The molecule has 0 aliphatic carbocycles. The number of aromatic nitrogens is 1. The van der Waals surface area contributed by atoms with Crippen LogP contribution in [0.15, 0.2) is 18.3 Å². The zero-order chi connectivity index (χ0) is 9.10. The van der Waals surface area contributed by atoms with Gasteiger partial charge in [0.15, 0.2) is 6.29 Å². The molecule has 1 aromatic heterocycles. The highest BCUT2D eigenvalue weighted by molar-refractivity contribution is 5.81. The fourth-order valence-corrected chi connectivity index (χ4v) is 1.73. The van der Waals surface area contributed by atoms with Crippen LogP contribution in [0.25, 0.3) is 0 Å². The van der Waals surface area contributed by atoms with Gasteiger partial charge in [0.2, 0.25) is 0 Å². The van der Waals surface area contributed by atoms with Gasteiger partial charge in [-0.3, -0.25) is 9.78 Å². The molecule has 1 saturated heterocycles. The van der Waals surface area contributed by atoms with E-state index in [1.54, 1.807) is 6.20 Å². The van der Waals surface area contributed by atoms with E-state index in [-0.39, 0.29) is 0 Å². The zero-order valence-electron chi connectivity index (χ0n) is 7.44. The van der Waals surface area contributed by atoms with Crippen LogP contribution < -0.4 is 4.90 Å². The van der Waals surface area contributed by atoms with E-state index in [2.05, 4.69) is 9.88 Å². The average Bonchev–Trinajstić information content (AvgIpc) is 2.70. The molecular formula is C10H12N2O. The van der Waals surface area contributed by atoms with Gasteiger partial charge in [-0.1, -0.05) is 0 Å². The third-order valence-electron chi connectivity index (χ3n) is 2.37. The number of pyridine rings is 1. The largest absolute Gasteiger partial charge is 0.370 e. The SMILES string of the molecule is O=Cc1ncccc1N1CCCC1. The second-order valence-corrected chi connectivity index (χ2v) is 3.22. The Kier molecular flexibility index (Phi) is 2.25. The highest BCUT2D eigenvalue weighted by atomic mass is 16.1. The van der Waals surface area contributed by atoms with Crippen molar-refractivity contribution < 1.29 is 4.79 Å². The summed E-state index contributed by atoms with van der Waals surface area (Å²) >= 11 is 0. The highest BCUT2D eigenvalue weighted by Crippen LogP contribution is 2.21. The van der Waals surface area contributed by atoms with E-state index in [1.165, 1.54) is 12.8 Å². The molecule has 0 unspecified atom stereocenters. The van der Waals surface area contributed by atoms with Crippen LogP contribution in [0.2, 0.25) is 0 Å². The van der Waals surface area contributed by atoms with Crippen LogP contribution in [0.5, 0.6) is 0 Å². The second-order valence-electron chi connectivity index (χ2n) is 3.22. The van der Waals surface area contributed by atoms with E-state index in [9.17, 15) is 4.79 Å². The maximum atomic E-state index is 10.7. The van der Waals surface area contributed by atoms with Gasteiger partial charge in [-0.05, 0) is 25.0 Å². The first-order chi connectivity index (χ1) is 6.42. The summed E-state index contributed by atoms with van der Waals surface area (Å²) in [6, 6.07) is 3.84. The molecule has 0 aromatic carbocycles. The van der Waals surface area contributed by atoms with Gasteiger partial charge in [0.25, 0.3) is 0 Å². The predicted octanol–water partition coefficient (Wildman–Crippen LogP) is 1.49. The molecule has 13 heavy (non-hydrogen) atoms. The first-order valence-corrected chi connectivity index (χ1v) is 4.57. The summed E-state index contributed by atoms with van der Waals surface area (Å²) in [5.74, 6) is 0. The van der Waals surface area contributed by atoms with Gasteiger partial charge in [0.05, 0.1) is 5.69 Å². The summed E-state index contributed by atoms with van der Waals surface area (Å²) in [6.45, 7) is 2.10. The van der Waals surface area contributed by atoms with Crippen molar-refractivity contribution in [2.24, 2.45) is 0 Å². The van der Waals surface area contributed by atoms with E-state index < -0.39 is 0 Å². The number of hydrogen-bond donors (Lipinski definition) is 0. The molecule has 1 fully saturated rings. The Morgan fingerprint density at radius 2 is 2.15 bits per heavy atom. The van der Waals surface area contributed by atoms with Crippen LogP contribution in [-0.2, 0) is 0 Å². The van der Waals surface area contributed by atoms with Gasteiger partial charge < -0.3 is 4.90 Å². The van der Waals surface area contributed by atoms with E-state index in [0.717, 1.165) is 25.1 Å². The molecule has 0 saturated carbocycles. The molecule has 1 aliphatic heterocycles. The summed E-state index contributed by atoms with van der Waals surface area (Å²) in [4.78, 5) is 16.9. The van der Waals surface area contributed by atoms with Crippen LogP contribution in [0.1, 0.15) is 23.3 Å². The summed E-state index contributed by atoms with van der Waals surface area (Å²) in [7, 11) is 0. The quantitative estimate of drug-likeness (QED) is 0.640. The van der Waals surface area contributed by atoms with Crippen LogP contribution >= 0.6 is 0 Å². The summed E-state index contributed by atoms with van der Waals surface area (Å²) < 4.78 is 0. The molecule has 1 aliphatic rings. The molecule has 0 atom stereocenters. The maximum absolute atomic E-state index is 10.7. The molecular weight excluding hydrogens is 164 g/mol. The minimum Gasteiger partial charge on any atom is -0.370 e. The van der Waals surface area contributed by atoms with E-state index in [1.807, 2.05) is 12.1 Å². The zero-order valence-corrected chi connectivity index (χ0v) is 7.44. The number of carbonyl (C=O) groups is 1. The van der Waals surface area contributed by atoms with Crippen LogP contribution in [-0.4, -0.2) is 24.4 Å². The number of nitrogens with zero attached hydrogens (tertiary/aromatic N) is 2. The third-order valence-corrected chi connectivity index (χ3v) is 2.37. The lowest BCUT2D eigenvalue weighted by Crippen LogP contribution is -2.19. The summed E-state index contributed by atoms with van der Waals surface area (Å²) in [6.07, 6.45) is 4.91. The molecule has 0 spiro atoms. The molecule has 2 rings (SSSR count). The van der Waals surface area contributed by atoms with Crippen molar-refractivity contribution in [2.45, 2.75) is 12.8 Å². The lowest BCUT2D eigenvalue weighted by atomic mass is 10.3. The van der Waals surface area contributed by atoms with Crippen molar-refractivity contribution in [1.82, 2.24) is 4.98 Å². The average molecular weight is 176 g/mol. The van der Waals surface area contributed by atoms with Crippen LogP contribution in [0.4, 0.5) is 5.69 Å². The molecule has 0 radical (unpaired) electrons. The Morgan fingerprint density at radius 3 is 2.85 bits per heavy atom. The molecule has 0 bridgehead atoms. The number of hydrogen-bond acceptors (Lipinski definition) is 3. The minimum absolute atomic E-state index is 0.560. The van der Waals surface area contributed by atoms with Crippen molar-refractivity contribution in [2.75, 3.05) is 18.0 Å². The molecule has 0 amide bonds. The summed E-state index contributed by atoms with van der Waals surface area (Å²) in [5, 5.41) is 0. The predicted molar refractivity (Wildman–Crippen MR) is 51.1 cm³/mol. The van der Waals surface area contributed by atoms with E-state index >= 15 is 0 Å². The van der Waals surface area contributed by atoms with Crippen molar-refractivity contribution in [3.05, 3.63) is 24.0 Å². The summed E-state index contributed by atoms with van der Waals surface area (Å²) in [5.41, 5.74) is 1.54. The van der Waals surface area contributed by atoms with Crippen molar-refractivity contribution >= 4 is 12.0 Å². The smallest absolute Gasteiger partial charge is 0.170 e. The minimum atomic E-state index is 0.560. The van der Waals surface area contributed by atoms with Crippen LogP contribution in [0.3, 0.4) is 0 Å². The van der Waals surface area contributed by atoms with Gasteiger partial charge in [-0.25, -0.2) is 0 Å². The second kappa shape index (κ2) is 3.56. The van der Waals surface area contributed by atoms with Crippen molar-refractivity contribution in [3.63, 3.8) is 0 Å². The lowest BCUT2D eigenvalue weighted by molar-refractivity contribution is 0.111. The lowest BCUT2D eigenvalue weighted by Gasteiger charge is -2.18. The Hall–Kier alpha value is -1.38. The number of anilines is 1. The number of carbonyl (C=O) groups excluding carboxylic acids is 1. The molecule has 68 valence electrons. The van der Waals surface area contributed by atoms with Crippen molar-refractivity contribution in [3.8, 4) is 0 Å². The Bertz CT molecular complexity index is 306. The number of aldehydes is 1. The first-order valence-electron chi connectivity index (χ1n) is 4.57. The van der Waals surface area contributed by atoms with Gasteiger partial charge in [0, 0.05) is 19.3 Å². The highest BCUT2D eigenvalue weighted by Gasteiger charge is 2.15. The standard InChI is InChI=1S/C10H12N2O/c13-8-9-10(4-3-5-11-9)12-6-1-2-7-12/h3-5,8H,1-2,6-7H2. The Balaban J connectivity index is 2.31. The molecule has 3 nitrogen and oxygen atoms in total. The fraction of sp³-hybridized carbons (Fsp3) is 0.400. The molecule has 0 N–H and O–H groups in total. The normalized spacial score (nSPS) is 16.2. The first kappa shape index (κ1) is 8.23. The molecule has 1 aromatic rings. The molecule has 2 heterocycles. The third kappa shape index (κ3) is 1.54. The van der Waals surface area contributed by atoms with Gasteiger partial charge in [0.1, 0.15) is 5.69 Å². The Morgan fingerprint density at radius 1 is 1.38 bits per heavy atom. The maximum Gasteiger partial charge on any atom is 0.170 e. The number of rotatable bonds is 2. The monoisotopic (exact) mass is 176 g/mol. The van der Waals surface area contributed by atoms with E-state index in [4.69, 9.17) is 0 Å². The fourth-order valence-electron chi connectivity index (χ4n) is 1.73. The topological polar surface area (TPSA) is 33.2 Å². The van der Waals surface area contributed by atoms with Gasteiger partial charge in [-0.2, -0.15) is 0 Å². The van der Waals surface area contributed by atoms with E-state index in [0.29, 0.717) is 5.69 Å². The molecule has 3 heteroatoms. The van der Waals surface area contributed by atoms with Crippen LogP contribution in [0, 0.1) is 0 Å².